The van der Waals surface area contributed by atoms with E-state index in [2.05, 4.69) is 60.7 Å². The predicted octanol–water partition coefficient (Wildman–Crippen LogP) is 8.34. The van der Waals surface area contributed by atoms with Gasteiger partial charge in [0, 0.05) is 18.9 Å². The molecule has 0 bridgehead atoms. The molecule has 31 heavy (non-hydrogen) atoms. The average Bonchev–Trinajstić information content (AvgIpc) is 2.67. The molecule has 3 aromatic carbocycles. The molecule has 0 radical (unpaired) electrons. The van der Waals surface area contributed by atoms with Crippen molar-refractivity contribution in [2.24, 2.45) is 0 Å². The van der Waals surface area contributed by atoms with Crippen LogP contribution in [0.3, 0.4) is 0 Å². The van der Waals surface area contributed by atoms with Crippen LogP contribution < -0.4 is 4.74 Å². The van der Waals surface area contributed by atoms with Crippen molar-refractivity contribution < 1.29 is 34.7 Å². The van der Waals surface area contributed by atoms with Crippen LogP contribution in [-0.2, 0) is 16.5 Å². The number of ether oxygens (including phenoxy) is 2. The van der Waals surface area contributed by atoms with Gasteiger partial charge in [-0.2, -0.15) is 0 Å². The van der Waals surface area contributed by atoms with Crippen molar-refractivity contribution >= 4 is 19.6 Å². The summed E-state index contributed by atoms with van der Waals surface area (Å²) >= 11 is 1.23. The van der Waals surface area contributed by atoms with Crippen molar-refractivity contribution in [1.82, 2.24) is 0 Å². The number of halogens is 6. The molecule has 3 rings (SSSR count). The van der Waals surface area contributed by atoms with Crippen molar-refractivity contribution in [2.45, 2.75) is 23.0 Å². The van der Waals surface area contributed by atoms with Crippen molar-refractivity contribution in [3.63, 3.8) is 0 Å². The second-order valence-corrected chi connectivity index (χ2v) is 9.57. The second kappa shape index (κ2) is 9.10. The Hall–Kier alpha value is -2.22. The van der Waals surface area contributed by atoms with Crippen LogP contribution in [0.25, 0.3) is 11.1 Å². The third kappa shape index (κ3) is 11.7. The molecule has 0 saturated heterocycles. The van der Waals surface area contributed by atoms with Crippen molar-refractivity contribution in [3.05, 3.63) is 78.9 Å². The molecule has 0 heterocycles. The fourth-order valence-electron chi connectivity index (χ4n) is 2.35. The Morgan fingerprint density at radius 1 is 0.677 bits per heavy atom. The Bertz CT molecular complexity index is 952. The molecule has 0 aliphatic carbocycles. The van der Waals surface area contributed by atoms with Crippen LogP contribution >= 0.6 is 7.81 Å². The molecule has 0 fully saturated rings. The maximum atomic E-state index is 9.87. The zero-order chi connectivity index (χ0) is 23.2. The van der Waals surface area contributed by atoms with Crippen LogP contribution in [-0.4, -0.2) is 13.4 Å². The molecule has 0 saturated carbocycles. The van der Waals surface area contributed by atoms with E-state index in [1.807, 2.05) is 25.1 Å². The number of methoxy groups -OCH3 is 1. The van der Waals surface area contributed by atoms with E-state index in [-0.39, 0.29) is 6.29 Å². The van der Waals surface area contributed by atoms with Gasteiger partial charge in [0.25, 0.3) is 0 Å². The second-order valence-electron chi connectivity index (χ2n) is 6.40. The molecule has 0 aliphatic heterocycles. The number of thiol groups is 1. The molecule has 0 spiro atoms. The van der Waals surface area contributed by atoms with Crippen LogP contribution in [0, 0.1) is 0 Å². The van der Waals surface area contributed by atoms with Crippen LogP contribution in [0.1, 0.15) is 6.92 Å². The van der Waals surface area contributed by atoms with Crippen LogP contribution in [0.5, 0.6) is 5.75 Å². The summed E-state index contributed by atoms with van der Waals surface area (Å²) in [5, 5.41) is 0. The van der Waals surface area contributed by atoms with Gasteiger partial charge in [-0.15, -0.1) is 0 Å². The summed E-state index contributed by atoms with van der Waals surface area (Å²) in [7, 11) is -9.02. The Morgan fingerprint density at radius 2 is 1.10 bits per heavy atom. The molecule has 1 unspecified atom stereocenters. The molecule has 0 aromatic heterocycles. The summed E-state index contributed by atoms with van der Waals surface area (Å²) < 4.78 is 69.9. The first-order valence-electron chi connectivity index (χ1n) is 8.93. The van der Waals surface area contributed by atoms with Crippen molar-refractivity contribution in [1.29, 1.82) is 0 Å². The van der Waals surface area contributed by atoms with E-state index in [1.165, 1.54) is 32.7 Å². The van der Waals surface area contributed by atoms with E-state index >= 15 is 0 Å². The fourth-order valence-corrected chi connectivity index (χ4v) is 3.26. The standard InChI is InChI=1S/C21H20O2S.F6P/c1-16(22-2)23-19-12-8-17(9-13-19)18-10-14-21(15-11-18)24-20-6-4-3-5-7-20;1-7(2,3,4,5)6/h3-16H,1-2H3;/q;-1/p+1. The summed E-state index contributed by atoms with van der Waals surface area (Å²) in [6.45, 7) is 1.87. The number of hydrogen-bond acceptors (Lipinski definition) is 2. The Labute approximate surface area is 180 Å². The number of benzene rings is 3. The first kappa shape index (κ1) is 25.0. The molecular formula is C21H21F6O2PS. The zero-order valence-electron chi connectivity index (χ0n) is 16.6. The monoisotopic (exact) mass is 482 g/mol. The first-order chi connectivity index (χ1) is 14.2. The van der Waals surface area contributed by atoms with Gasteiger partial charge in [0.2, 0.25) is 0 Å². The molecule has 1 atom stereocenters. The van der Waals surface area contributed by atoms with Gasteiger partial charge in [-0.05, 0) is 66.6 Å². The fraction of sp³-hybridized carbons (Fsp3) is 0.143. The van der Waals surface area contributed by atoms with Gasteiger partial charge in [0.15, 0.2) is 16.1 Å². The molecule has 2 nitrogen and oxygen atoms in total. The molecule has 0 aliphatic rings. The van der Waals surface area contributed by atoms with Crippen LogP contribution in [0.15, 0.2) is 88.7 Å². The van der Waals surface area contributed by atoms with Gasteiger partial charge in [-0.25, -0.2) is 0 Å². The molecule has 0 amide bonds. The Morgan fingerprint density at radius 3 is 1.55 bits per heavy atom. The van der Waals surface area contributed by atoms with E-state index in [1.54, 1.807) is 7.11 Å². The van der Waals surface area contributed by atoms with Gasteiger partial charge < -0.3 is 9.47 Å². The first-order valence-corrected chi connectivity index (χ1v) is 11.8. The summed E-state index contributed by atoms with van der Waals surface area (Å²) in [5.41, 5.74) is 2.38. The van der Waals surface area contributed by atoms with E-state index in [0.29, 0.717) is 0 Å². The number of rotatable bonds is 6. The number of hydrogen-bond donors (Lipinski definition) is 0. The molecule has 3 aromatic rings. The van der Waals surface area contributed by atoms with E-state index < -0.39 is 7.81 Å². The van der Waals surface area contributed by atoms with Gasteiger partial charge in [0.05, 0.1) is 0 Å². The van der Waals surface area contributed by atoms with Crippen LogP contribution in [0.2, 0.25) is 0 Å². The Kier molecular flexibility index (Phi) is 7.35. The van der Waals surface area contributed by atoms with Gasteiger partial charge in [0.1, 0.15) is 5.75 Å². The topological polar surface area (TPSA) is 18.5 Å². The summed E-state index contributed by atoms with van der Waals surface area (Å²) in [4.78, 5) is 2.60. The molecular weight excluding hydrogens is 461 g/mol. The average molecular weight is 482 g/mol. The van der Waals surface area contributed by atoms with Crippen molar-refractivity contribution in [2.75, 3.05) is 7.11 Å². The Balaban J connectivity index is 0.000000423. The minimum atomic E-state index is -10.7. The van der Waals surface area contributed by atoms with Gasteiger partial charge in [-0.1, -0.05) is 30.3 Å². The van der Waals surface area contributed by atoms with Crippen molar-refractivity contribution in [3.8, 4) is 16.9 Å². The third-order valence-corrected chi connectivity index (χ3v) is 4.82. The maximum absolute atomic E-state index is 10.7. The van der Waals surface area contributed by atoms with E-state index in [9.17, 15) is 25.2 Å². The normalized spacial score (nSPS) is 14.5. The van der Waals surface area contributed by atoms with Gasteiger partial charge in [-0.3, -0.25) is 0 Å². The summed E-state index contributed by atoms with van der Waals surface area (Å²) in [6.07, 6.45) is -0.243. The van der Waals surface area contributed by atoms with E-state index in [4.69, 9.17) is 9.47 Å². The zero-order valence-corrected chi connectivity index (χ0v) is 18.4. The molecule has 0 N–H and O–H groups in total. The molecule has 10 heteroatoms. The summed E-state index contributed by atoms with van der Waals surface area (Å²) in [6, 6.07) is 27.3. The van der Waals surface area contributed by atoms with Gasteiger partial charge >= 0.3 is 33.0 Å². The minimum absolute atomic E-state index is 0.243. The third-order valence-electron chi connectivity index (χ3n) is 3.70. The van der Waals surface area contributed by atoms with Crippen LogP contribution in [0.4, 0.5) is 25.2 Å². The quantitative estimate of drug-likeness (QED) is 0.116. The summed E-state index contributed by atoms with van der Waals surface area (Å²) in [5.74, 6) is 0.812. The molecule has 170 valence electrons. The SMILES string of the molecule is COC(C)Oc1ccc(-c2ccc([SH+]c3ccccc3)cc2)cc1.F[P-](F)(F)(F)(F)F. The predicted molar refractivity (Wildman–Crippen MR) is 114 cm³/mol. The van der Waals surface area contributed by atoms with E-state index in [0.717, 1.165) is 5.75 Å².